The fourth-order valence-electron chi connectivity index (χ4n) is 0.417. The van der Waals surface area contributed by atoms with Crippen LogP contribution in [0.5, 0.6) is 0 Å². The first kappa shape index (κ1) is 13.0. The summed E-state index contributed by atoms with van der Waals surface area (Å²) in [7, 11) is 0. The average molecular weight is 185 g/mol. The van der Waals surface area contributed by atoms with E-state index in [1.165, 1.54) is 6.42 Å². The van der Waals surface area contributed by atoms with Crippen molar-refractivity contribution in [3.63, 3.8) is 0 Å². The van der Waals surface area contributed by atoms with Gasteiger partial charge in [0, 0.05) is 0 Å². The second kappa shape index (κ2) is 16.2. The Morgan fingerprint density at radius 2 is 2.00 bits per heavy atom. The van der Waals surface area contributed by atoms with Gasteiger partial charge >= 0.3 is 26.5 Å². The van der Waals surface area contributed by atoms with Crippen LogP contribution in [0.3, 0.4) is 0 Å². The Kier molecular flexibility index (Phi) is 21.1. The molecule has 0 saturated heterocycles. The van der Waals surface area contributed by atoms with Crippen molar-refractivity contribution in [2.24, 2.45) is 0 Å². The molecule has 0 spiro atoms. The van der Waals surface area contributed by atoms with E-state index >= 15 is 0 Å². The third-order valence-electron chi connectivity index (χ3n) is 0.839. The van der Waals surface area contributed by atoms with Crippen molar-refractivity contribution in [3.05, 3.63) is 0 Å². The SMILES string of the molecule is CCCCCOO.[O]=[Ti][OH]. The molecular weight excluding hydrogens is 172 g/mol. The van der Waals surface area contributed by atoms with Gasteiger partial charge in [0.15, 0.2) is 0 Å². The van der Waals surface area contributed by atoms with Crippen molar-refractivity contribution in [2.45, 2.75) is 26.2 Å². The quantitative estimate of drug-likeness (QED) is 0.296. The molecular formula is C5H13O4Ti. The molecule has 0 aromatic heterocycles. The number of hydrogen-bond acceptors (Lipinski definition) is 3. The minimum atomic E-state index is -1.75. The summed E-state index contributed by atoms with van der Waals surface area (Å²) in [6, 6.07) is 0. The summed E-state index contributed by atoms with van der Waals surface area (Å²) in [5, 5.41) is 7.79. The molecule has 0 aliphatic carbocycles. The predicted octanol–water partition coefficient (Wildman–Crippen LogP) is 0.988. The zero-order valence-corrected chi connectivity index (χ0v) is 7.60. The molecule has 0 heterocycles. The molecule has 4 nitrogen and oxygen atoms in total. The Hall–Kier alpha value is 0.394. The minimum absolute atomic E-state index is 0.480. The van der Waals surface area contributed by atoms with Gasteiger partial charge in [0.1, 0.15) is 0 Å². The van der Waals surface area contributed by atoms with E-state index in [2.05, 4.69) is 11.8 Å². The summed E-state index contributed by atoms with van der Waals surface area (Å²) < 4.78 is 15.8. The molecule has 0 aliphatic rings. The average Bonchev–Trinajstić information content (AvgIpc) is 1.91. The molecule has 0 aliphatic heterocycles. The fraction of sp³-hybridized carbons (Fsp3) is 1.00. The molecule has 0 fully saturated rings. The first-order valence-corrected chi connectivity index (χ1v) is 4.44. The van der Waals surface area contributed by atoms with Gasteiger partial charge in [-0.15, -0.1) is 0 Å². The molecule has 0 unspecified atom stereocenters. The zero-order valence-electron chi connectivity index (χ0n) is 6.04. The van der Waals surface area contributed by atoms with E-state index in [1.54, 1.807) is 0 Å². The summed E-state index contributed by atoms with van der Waals surface area (Å²) in [4.78, 5) is 3.84. The van der Waals surface area contributed by atoms with Gasteiger partial charge in [-0.3, -0.25) is 5.26 Å². The monoisotopic (exact) mass is 185 g/mol. The topological polar surface area (TPSA) is 66.8 Å². The predicted molar refractivity (Wildman–Crippen MR) is 31.0 cm³/mol. The van der Waals surface area contributed by atoms with Crippen LogP contribution < -0.4 is 0 Å². The molecule has 0 aromatic carbocycles. The molecule has 10 heavy (non-hydrogen) atoms. The van der Waals surface area contributed by atoms with Gasteiger partial charge in [0.05, 0.1) is 6.61 Å². The molecule has 0 bridgehead atoms. The molecule has 2 N–H and O–H groups in total. The molecule has 0 aromatic rings. The maximum absolute atomic E-state index is 8.61. The van der Waals surface area contributed by atoms with E-state index in [0.29, 0.717) is 6.61 Å². The molecule has 0 rings (SSSR count). The van der Waals surface area contributed by atoms with E-state index in [1.807, 2.05) is 0 Å². The van der Waals surface area contributed by atoms with Gasteiger partial charge < -0.3 is 0 Å². The van der Waals surface area contributed by atoms with Gasteiger partial charge in [-0.2, -0.15) is 0 Å². The third kappa shape index (κ3) is 23.8. The Morgan fingerprint density at radius 1 is 1.50 bits per heavy atom. The van der Waals surface area contributed by atoms with Crippen molar-refractivity contribution in [2.75, 3.05) is 6.61 Å². The van der Waals surface area contributed by atoms with E-state index in [-0.39, 0.29) is 0 Å². The van der Waals surface area contributed by atoms with Crippen molar-refractivity contribution < 1.29 is 36.7 Å². The summed E-state index contributed by atoms with van der Waals surface area (Å²) in [5.41, 5.74) is 0. The van der Waals surface area contributed by atoms with Crippen LogP contribution >= 0.6 is 0 Å². The third-order valence-corrected chi connectivity index (χ3v) is 0.839. The summed E-state index contributed by atoms with van der Waals surface area (Å²) in [5.74, 6) is 0. The Bertz CT molecular complexity index is 55.6. The van der Waals surface area contributed by atoms with Gasteiger partial charge in [-0.05, 0) is 6.42 Å². The summed E-state index contributed by atoms with van der Waals surface area (Å²) >= 11 is -1.75. The van der Waals surface area contributed by atoms with Gasteiger partial charge in [0.2, 0.25) is 0 Å². The Balaban J connectivity index is 0. The van der Waals surface area contributed by atoms with Gasteiger partial charge in [0.25, 0.3) is 0 Å². The Morgan fingerprint density at radius 3 is 2.30 bits per heavy atom. The number of unbranched alkanes of at least 4 members (excludes halogenated alkanes) is 2. The van der Waals surface area contributed by atoms with E-state index in [9.17, 15) is 0 Å². The van der Waals surface area contributed by atoms with Crippen molar-refractivity contribution in [3.8, 4) is 0 Å². The van der Waals surface area contributed by atoms with Gasteiger partial charge in [-0.1, -0.05) is 19.8 Å². The molecule has 0 saturated carbocycles. The molecule has 5 heteroatoms. The molecule has 61 valence electrons. The standard InChI is InChI=1S/C5H12O2.H2O.O.Ti/c1-2-3-4-5-7-6;;;/h6H,2-5H2,1H3;1H2;;/q;;;+1/p-1. The Labute approximate surface area is 69.9 Å². The van der Waals surface area contributed by atoms with Crippen LogP contribution in [0.4, 0.5) is 0 Å². The van der Waals surface area contributed by atoms with Crippen LogP contribution in [-0.2, 0) is 27.7 Å². The second-order valence-corrected chi connectivity index (χ2v) is 1.92. The van der Waals surface area contributed by atoms with Crippen molar-refractivity contribution in [1.29, 1.82) is 0 Å². The van der Waals surface area contributed by atoms with Crippen molar-refractivity contribution in [1.82, 2.24) is 0 Å². The summed E-state index contributed by atoms with van der Waals surface area (Å²) in [6.07, 6.45) is 3.27. The first-order valence-electron chi connectivity index (χ1n) is 3.11. The van der Waals surface area contributed by atoms with E-state index < -0.39 is 19.5 Å². The number of hydrogen-bond donors (Lipinski definition) is 2. The first-order chi connectivity index (χ1) is 4.83. The van der Waals surface area contributed by atoms with Crippen LogP contribution in [0.2, 0.25) is 0 Å². The van der Waals surface area contributed by atoms with E-state index in [4.69, 9.17) is 12.3 Å². The second-order valence-electron chi connectivity index (χ2n) is 1.63. The van der Waals surface area contributed by atoms with Crippen LogP contribution in [0.25, 0.3) is 0 Å². The summed E-state index contributed by atoms with van der Waals surface area (Å²) in [6.45, 7) is 2.59. The molecule has 0 atom stereocenters. The molecule has 0 radical (unpaired) electrons. The fourth-order valence-corrected chi connectivity index (χ4v) is 0.417. The van der Waals surface area contributed by atoms with Crippen LogP contribution in [0.1, 0.15) is 26.2 Å². The van der Waals surface area contributed by atoms with E-state index in [0.717, 1.165) is 12.8 Å². The van der Waals surface area contributed by atoms with Crippen LogP contribution in [0, 0.1) is 0 Å². The number of rotatable bonds is 4. The van der Waals surface area contributed by atoms with Crippen molar-refractivity contribution >= 4 is 0 Å². The normalized spacial score (nSPS) is 7.50. The molecule has 0 amide bonds. The maximum atomic E-state index is 8.61. The van der Waals surface area contributed by atoms with Crippen LogP contribution in [-0.4, -0.2) is 15.6 Å². The van der Waals surface area contributed by atoms with Crippen LogP contribution in [0.15, 0.2) is 0 Å². The zero-order chi connectivity index (χ0) is 8.24. The van der Waals surface area contributed by atoms with Gasteiger partial charge in [-0.25, -0.2) is 4.89 Å².